The Labute approximate surface area is 135 Å². The van der Waals surface area contributed by atoms with Gasteiger partial charge in [0.25, 0.3) is 5.91 Å². The molecule has 0 saturated carbocycles. The molecule has 5 nitrogen and oxygen atoms in total. The van der Waals surface area contributed by atoms with Crippen molar-refractivity contribution in [2.45, 2.75) is 0 Å². The predicted molar refractivity (Wildman–Crippen MR) is 94.8 cm³/mol. The molecule has 3 rings (SSSR count). The third kappa shape index (κ3) is 2.85. The van der Waals surface area contributed by atoms with Crippen LogP contribution in [-0.4, -0.2) is 39.0 Å². The lowest BCUT2D eigenvalue weighted by atomic mass is 10.1. The first-order valence-corrected chi connectivity index (χ1v) is 7.34. The third-order valence-corrected chi connectivity index (χ3v) is 3.80. The molecule has 5 heteroatoms. The van der Waals surface area contributed by atoms with Crippen molar-refractivity contribution in [3.8, 4) is 0 Å². The van der Waals surface area contributed by atoms with Crippen LogP contribution < -0.4 is 9.80 Å². The molecule has 1 aliphatic rings. The van der Waals surface area contributed by atoms with Crippen LogP contribution in [0.5, 0.6) is 0 Å². The Morgan fingerprint density at radius 1 is 1.04 bits per heavy atom. The van der Waals surface area contributed by atoms with E-state index in [1.54, 1.807) is 18.2 Å². The Hall–Kier alpha value is -2.95. The van der Waals surface area contributed by atoms with Crippen molar-refractivity contribution in [2.75, 3.05) is 30.9 Å². The van der Waals surface area contributed by atoms with Gasteiger partial charge >= 0.3 is 0 Å². The number of hydrogen-bond acceptors (Lipinski definition) is 4. The van der Waals surface area contributed by atoms with E-state index in [0.717, 1.165) is 22.5 Å². The molecule has 2 aromatic rings. The second-order valence-corrected chi connectivity index (χ2v) is 5.56. The molecular formula is C18H18N4O. The molecule has 116 valence electrons. The summed E-state index contributed by atoms with van der Waals surface area (Å²) < 4.78 is 0. The fourth-order valence-electron chi connectivity index (χ4n) is 2.46. The topological polar surface area (TPSA) is 48.3 Å². The number of amides is 1. The minimum Gasteiger partial charge on any atom is -0.378 e. The first kappa shape index (κ1) is 15.0. The van der Waals surface area contributed by atoms with Gasteiger partial charge in [0.1, 0.15) is 0 Å². The molecule has 0 radical (unpaired) electrons. The molecule has 0 unspecified atom stereocenters. The molecular weight excluding hydrogens is 288 g/mol. The lowest BCUT2D eigenvalue weighted by molar-refractivity contribution is -0.111. The molecule has 0 atom stereocenters. The van der Waals surface area contributed by atoms with E-state index in [4.69, 9.17) is 0 Å². The Bertz CT molecular complexity index is 791. The van der Waals surface area contributed by atoms with E-state index in [9.17, 15) is 4.79 Å². The smallest absolute Gasteiger partial charge is 0.279 e. The van der Waals surface area contributed by atoms with Gasteiger partial charge in [0, 0.05) is 32.4 Å². The minimum atomic E-state index is -0.133. The number of fused-ring (bicyclic) bond motifs is 1. The van der Waals surface area contributed by atoms with E-state index < -0.39 is 0 Å². The van der Waals surface area contributed by atoms with Crippen LogP contribution in [0.15, 0.2) is 58.7 Å². The van der Waals surface area contributed by atoms with Crippen molar-refractivity contribution in [2.24, 2.45) is 10.2 Å². The first-order chi connectivity index (χ1) is 11.1. The zero-order valence-corrected chi connectivity index (χ0v) is 13.4. The second kappa shape index (κ2) is 6.04. The summed E-state index contributed by atoms with van der Waals surface area (Å²) in [7, 11) is 5.73. The standard InChI is InChI=1S/C18H18N4O/c1-21(2)14-10-8-13(9-11-14)12-19-20-17-15-6-4-5-7-16(15)22(3)18(17)23/h4-12H,1-3H3/b19-12-,20-17-. The molecule has 23 heavy (non-hydrogen) atoms. The normalized spacial score (nSPS) is 15.5. The number of anilines is 2. The molecule has 1 aliphatic heterocycles. The minimum absolute atomic E-state index is 0.133. The highest BCUT2D eigenvalue weighted by Gasteiger charge is 2.30. The highest BCUT2D eigenvalue weighted by atomic mass is 16.2. The number of carbonyl (C=O) groups is 1. The van der Waals surface area contributed by atoms with Crippen LogP contribution in [0, 0.1) is 0 Å². The van der Waals surface area contributed by atoms with Gasteiger partial charge in [0.2, 0.25) is 0 Å². The second-order valence-electron chi connectivity index (χ2n) is 5.56. The van der Waals surface area contributed by atoms with Crippen LogP contribution in [0.25, 0.3) is 0 Å². The van der Waals surface area contributed by atoms with Crippen LogP contribution in [-0.2, 0) is 4.79 Å². The van der Waals surface area contributed by atoms with E-state index in [2.05, 4.69) is 10.2 Å². The molecule has 1 amide bonds. The number of likely N-dealkylation sites (N-methyl/N-ethyl adjacent to an activating group) is 1. The van der Waals surface area contributed by atoms with E-state index in [1.807, 2.05) is 67.5 Å². The molecule has 0 saturated heterocycles. The molecule has 0 N–H and O–H groups in total. The SMILES string of the molecule is CN(C)c1ccc(/C=N\N=C2/C(=O)N(C)c3ccccc32)cc1. The molecule has 0 aromatic heterocycles. The lowest BCUT2D eigenvalue weighted by Gasteiger charge is -2.11. The van der Waals surface area contributed by atoms with Gasteiger partial charge in [-0.25, -0.2) is 0 Å². The number of carbonyl (C=O) groups excluding carboxylic acids is 1. The van der Waals surface area contributed by atoms with E-state index in [-0.39, 0.29) is 5.91 Å². The van der Waals surface area contributed by atoms with E-state index in [0.29, 0.717) is 5.71 Å². The van der Waals surface area contributed by atoms with Crippen LogP contribution in [0.1, 0.15) is 11.1 Å². The van der Waals surface area contributed by atoms with Crippen molar-refractivity contribution in [3.63, 3.8) is 0 Å². The lowest BCUT2D eigenvalue weighted by Crippen LogP contribution is -2.25. The summed E-state index contributed by atoms with van der Waals surface area (Å²) in [5, 5.41) is 8.22. The molecule has 0 fully saturated rings. The monoisotopic (exact) mass is 306 g/mol. The zero-order valence-electron chi connectivity index (χ0n) is 13.4. The third-order valence-electron chi connectivity index (χ3n) is 3.80. The summed E-state index contributed by atoms with van der Waals surface area (Å²) in [6.07, 6.45) is 1.65. The Morgan fingerprint density at radius 3 is 2.43 bits per heavy atom. The van der Waals surface area contributed by atoms with Gasteiger partial charge < -0.3 is 9.80 Å². The van der Waals surface area contributed by atoms with Crippen LogP contribution in [0.3, 0.4) is 0 Å². The highest BCUT2D eigenvalue weighted by molar-refractivity contribution is 6.54. The summed E-state index contributed by atoms with van der Waals surface area (Å²) in [5.41, 5.74) is 4.12. The van der Waals surface area contributed by atoms with Gasteiger partial charge in [-0.2, -0.15) is 5.10 Å². The fraction of sp³-hybridized carbons (Fsp3) is 0.167. The molecule has 0 bridgehead atoms. The van der Waals surface area contributed by atoms with E-state index >= 15 is 0 Å². The number of hydrogen-bond donors (Lipinski definition) is 0. The quantitative estimate of drug-likeness (QED) is 0.646. The Balaban J connectivity index is 1.84. The maximum Gasteiger partial charge on any atom is 0.279 e. The first-order valence-electron chi connectivity index (χ1n) is 7.34. The van der Waals surface area contributed by atoms with Crippen molar-refractivity contribution >= 4 is 29.2 Å². The Morgan fingerprint density at radius 2 is 1.74 bits per heavy atom. The number of nitrogens with zero attached hydrogens (tertiary/aromatic N) is 4. The van der Waals surface area contributed by atoms with Crippen molar-refractivity contribution in [1.29, 1.82) is 0 Å². The number of benzene rings is 2. The number of para-hydroxylation sites is 1. The van der Waals surface area contributed by atoms with Gasteiger partial charge in [-0.3, -0.25) is 4.79 Å². The average molecular weight is 306 g/mol. The Kier molecular flexibility index (Phi) is 3.93. The van der Waals surface area contributed by atoms with Gasteiger partial charge in [-0.15, -0.1) is 5.10 Å². The summed E-state index contributed by atoms with van der Waals surface area (Å²) in [6, 6.07) is 15.5. The molecule has 1 heterocycles. The largest absolute Gasteiger partial charge is 0.378 e. The zero-order chi connectivity index (χ0) is 16.4. The van der Waals surface area contributed by atoms with Gasteiger partial charge in [0.05, 0.1) is 11.9 Å². The summed E-state index contributed by atoms with van der Waals surface area (Å²) in [5.74, 6) is -0.133. The fourth-order valence-corrected chi connectivity index (χ4v) is 2.46. The van der Waals surface area contributed by atoms with Crippen molar-refractivity contribution in [1.82, 2.24) is 0 Å². The average Bonchev–Trinajstić information content (AvgIpc) is 2.81. The van der Waals surface area contributed by atoms with Crippen LogP contribution >= 0.6 is 0 Å². The summed E-state index contributed by atoms with van der Waals surface area (Å²) in [6.45, 7) is 0. The summed E-state index contributed by atoms with van der Waals surface area (Å²) in [4.78, 5) is 15.9. The maximum atomic E-state index is 12.2. The molecule has 2 aromatic carbocycles. The number of rotatable bonds is 3. The highest BCUT2D eigenvalue weighted by Crippen LogP contribution is 2.27. The maximum absolute atomic E-state index is 12.2. The predicted octanol–water partition coefficient (Wildman–Crippen LogP) is 2.55. The van der Waals surface area contributed by atoms with E-state index in [1.165, 1.54) is 0 Å². The van der Waals surface area contributed by atoms with Gasteiger partial charge in [0.15, 0.2) is 5.71 Å². The van der Waals surface area contributed by atoms with Gasteiger partial charge in [-0.05, 0) is 23.8 Å². The van der Waals surface area contributed by atoms with Crippen LogP contribution in [0.2, 0.25) is 0 Å². The van der Waals surface area contributed by atoms with Crippen molar-refractivity contribution < 1.29 is 4.79 Å². The summed E-state index contributed by atoms with van der Waals surface area (Å²) >= 11 is 0. The van der Waals surface area contributed by atoms with Gasteiger partial charge in [-0.1, -0.05) is 30.3 Å². The van der Waals surface area contributed by atoms with Crippen LogP contribution in [0.4, 0.5) is 11.4 Å². The van der Waals surface area contributed by atoms with Crippen molar-refractivity contribution in [3.05, 3.63) is 59.7 Å². The molecule has 0 aliphatic carbocycles. The molecule has 0 spiro atoms.